The molecule has 4 aliphatic carbocycles. The molecule has 6 aliphatic rings. The van der Waals surface area contributed by atoms with Crippen LogP contribution in [0, 0.1) is 35.0 Å². The van der Waals surface area contributed by atoms with Crippen LogP contribution in [0.4, 0.5) is 0 Å². The molecule has 2 aromatic heterocycles. The lowest BCUT2D eigenvalue weighted by Gasteiger charge is -2.36. The van der Waals surface area contributed by atoms with Gasteiger partial charge in [0.1, 0.15) is 17.0 Å². The van der Waals surface area contributed by atoms with Gasteiger partial charge in [-0.1, -0.05) is 6.07 Å². The van der Waals surface area contributed by atoms with E-state index < -0.39 is 0 Å². The van der Waals surface area contributed by atoms with Crippen molar-refractivity contribution in [3.63, 3.8) is 0 Å². The predicted molar refractivity (Wildman–Crippen MR) is 145 cm³/mol. The maximum absolute atomic E-state index is 13.4. The maximum Gasteiger partial charge on any atom is 0.274 e. The zero-order chi connectivity index (χ0) is 25.4. The van der Waals surface area contributed by atoms with Gasteiger partial charge in [-0.05, 0) is 124 Å². The van der Waals surface area contributed by atoms with E-state index in [9.17, 15) is 9.59 Å². The standard InChI is InChI=1S/C31H41N5O2/c37-29(32-18-21-7-6-20-15-25(20)31-16-22(21)14-23(31)17-31)27-4-3-5-28-33-26(19-36(27)28)30(38)35-12-8-24(9-13-35)34-10-1-2-11-34/h3-5,19-25H,1-2,6-18H2,(H,32,37)/t20?,21-,22?,23?,25-,31?/m0/s1. The number of pyridine rings is 1. The van der Waals surface area contributed by atoms with Crippen molar-refractivity contribution >= 4 is 17.5 Å². The summed E-state index contributed by atoms with van der Waals surface area (Å²) in [7, 11) is 0. The van der Waals surface area contributed by atoms with E-state index in [1.165, 1.54) is 64.5 Å². The zero-order valence-electron chi connectivity index (χ0n) is 22.5. The average molecular weight is 516 g/mol. The number of hydrogen-bond acceptors (Lipinski definition) is 4. The third kappa shape index (κ3) is 3.82. The Morgan fingerprint density at radius 1 is 0.974 bits per heavy atom. The summed E-state index contributed by atoms with van der Waals surface area (Å²) in [5.74, 6) is 4.33. The lowest BCUT2D eigenvalue weighted by Crippen LogP contribution is -2.46. The molecule has 2 amide bonds. The van der Waals surface area contributed by atoms with Crippen LogP contribution < -0.4 is 5.32 Å². The van der Waals surface area contributed by atoms with Gasteiger partial charge in [-0.25, -0.2) is 4.98 Å². The van der Waals surface area contributed by atoms with Crippen molar-refractivity contribution in [3.8, 4) is 0 Å². The summed E-state index contributed by atoms with van der Waals surface area (Å²) in [5, 5.41) is 3.29. The molecule has 2 aromatic rings. The number of nitrogens with one attached hydrogen (secondary N) is 1. The lowest BCUT2D eigenvalue weighted by molar-refractivity contribution is 0.0639. The Morgan fingerprint density at radius 3 is 2.66 bits per heavy atom. The fraction of sp³-hybridized carbons (Fsp3) is 0.710. The monoisotopic (exact) mass is 515 g/mol. The van der Waals surface area contributed by atoms with Crippen LogP contribution in [0.15, 0.2) is 24.4 Å². The van der Waals surface area contributed by atoms with Gasteiger partial charge in [0, 0.05) is 31.9 Å². The Kier molecular flexibility index (Phi) is 5.44. The minimum Gasteiger partial charge on any atom is -0.350 e. The van der Waals surface area contributed by atoms with Crippen LogP contribution in [0.25, 0.3) is 5.65 Å². The highest BCUT2D eigenvalue weighted by Crippen LogP contribution is 2.77. The summed E-state index contributed by atoms with van der Waals surface area (Å²) in [6.45, 7) is 4.76. The smallest absolute Gasteiger partial charge is 0.274 e. The number of likely N-dealkylation sites (tertiary alicyclic amines) is 2. The molecule has 7 heteroatoms. The fourth-order valence-electron chi connectivity index (χ4n) is 9.39. The molecule has 38 heavy (non-hydrogen) atoms. The molecule has 1 N–H and O–H groups in total. The third-order valence-corrected chi connectivity index (χ3v) is 11.6. The number of carbonyl (C=O) groups excluding carboxylic acids is 2. The molecule has 4 unspecified atom stereocenters. The minimum absolute atomic E-state index is 0.0124. The summed E-state index contributed by atoms with van der Waals surface area (Å²) in [4.78, 5) is 35.9. The number of amides is 2. The number of carbonyl (C=O) groups is 2. The first-order valence-electron chi connectivity index (χ1n) is 15.4. The van der Waals surface area contributed by atoms with Crippen LogP contribution in [0.2, 0.25) is 0 Å². The van der Waals surface area contributed by atoms with Crippen LogP contribution >= 0.6 is 0 Å². The Labute approximate surface area is 225 Å². The number of nitrogens with zero attached hydrogens (tertiary/aromatic N) is 4. The molecule has 0 radical (unpaired) electrons. The van der Waals surface area contributed by atoms with Gasteiger partial charge in [-0.3, -0.25) is 14.0 Å². The van der Waals surface area contributed by atoms with E-state index >= 15 is 0 Å². The molecule has 4 saturated carbocycles. The number of imidazole rings is 1. The van der Waals surface area contributed by atoms with Gasteiger partial charge in [0.05, 0.1) is 0 Å². The normalized spacial score (nSPS) is 36.4. The molecule has 2 bridgehead atoms. The first-order chi connectivity index (χ1) is 18.6. The second-order valence-corrected chi connectivity index (χ2v) is 13.5. The van der Waals surface area contributed by atoms with Crippen molar-refractivity contribution in [2.75, 3.05) is 32.7 Å². The van der Waals surface area contributed by atoms with Crippen LogP contribution in [0.1, 0.15) is 85.2 Å². The molecule has 202 valence electrons. The van der Waals surface area contributed by atoms with Gasteiger partial charge in [-0.15, -0.1) is 0 Å². The molecule has 6 fully saturated rings. The van der Waals surface area contributed by atoms with Gasteiger partial charge in [0.25, 0.3) is 11.8 Å². The first-order valence-corrected chi connectivity index (χ1v) is 15.4. The molecule has 6 atom stereocenters. The molecule has 2 aliphatic heterocycles. The van der Waals surface area contributed by atoms with Crippen molar-refractivity contribution in [3.05, 3.63) is 35.8 Å². The van der Waals surface area contributed by atoms with E-state index in [0.29, 0.717) is 34.4 Å². The number of aromatic nitrogens is 2. The first kappa shape index (κ1) is 23.5. The summed E-state index contributed by atoms with van der Waals surface area (Å²) >= 11 is 0. The summed E-state index contributed by atoms with van der Waals surface area (Å²) in [6, 6.07) is 6.23. The fourth-order valence-corrected chi connectivity index (χ4v) is 9.39. The molecule has 2 saturated heterocycles. The Hall–Kier alpha value is -2.41. The highest BCUT2D eigenvalue weighted by atomic mass is 16.2. The van der Waals surface area contributed by atoms with Gasteiger partial charge in [0.2, 0.25) is 0 Å². The minimum atomic E-state index is -0.0531. The molecule has 0 aromatic carbocycles. The van der Waals surface area contributed by atoms with Crippen LogP contribution in [-0.2, 0) is 0 Å². The van der Waals surface area contributed by atoms with Crippen molar-refractivity contribution in [1.82, 2.24) is 24.5 Å². The second kappa shape index (κ2) is 8.80. The van der Waals surface area contributed by atoms with Crippen LogP contribution in [0.5, 0.6) is 0 Å². The molecule has 4 heterocycles. The highest BCUT2D eigenvalue weighted by Gasteiger charge is 2.70. The van der Waals surface area contributed by atoms with E-state index in [2.05, 4.69) is 15.2 Å². The zero-order valence-corrected chi connectivity index (χ0v) is 22.5. The van der Waals surface area contributed by atoms with Crippen LogP contribution in [0.3, 0.4) is 0 Å². The van der Waals surface area contributed by atoms with E-state index in [1.54, 1.807) is 6.20 Å². The summed E-state index contributed by atoms with van der Waals surface area (Å²) < 4.78 is 1.81. The maximum atomic E-state index is 13.4. The van der Waals surface area contributed by atoms with Crippen LogP contribution in [-0.4, -0.2) is 69.8 Å². The Balaban J connectivity index is 0.932. The van der Waals surface area contributed by atoms with Gasteiger partial charge in [-0.2, -0.15) is 0 Å². The van der Waals surface area contributed by atoms with Crippen molar-refractivity contribution in [2.45, 2.75) is 70.3 Å². The topological polar surface area (TPSA) is 70.0 Å². The Bertz CT molecular complexity index is 1260. The van der Waals surface area contributed by atoms with E-state index in [0.717, 1.165) is 56.1 Å². The van der Waals surface area contributed by atoms with E-state index in [1.807, 2.05) is 27.5 Å². The molecule has 8 rings (SSSR count). The van der Waals surface area contributed by atoms with Gasteiger partial charge in [0.15, 0.2) is 0 Å². The number of hydrogen-bond donors (Lipinski definition) is 1. The van der Waals surface area contributed by atoms with Gasteiger partial charge >= 0.3 is 0 Å². The highest BCUT2D eigenvalue weighted by molar-refractivity contribution is 5.95. The number of fused-ring (bicyclic) bond motifs is 3. The third-order valence-electron chi connectivity index (χ3n) is 11.6. The predicted octanol–water partition coefficient (Wildman–Crippen LogP) is 4.23. The lowest BCUT2D eigenvalue weighted by atomic mass is 9.79. The molecular formula is C31H41N5O2. The van der Waals surface area contributed by atoms with Crippen molar-refractivity contribution in [2.24, 2.45) is 35.0 Å². The van der Waals surface area contributed by atoms with Crippen molar-refractivity contribution < 1.29 is 9.59 Å². The molecule has 1 spiro atoms. The molecule has 7 nitrogen and oxygen atoms in total. The average Bonchev–Trinajstić information content (AvgIpc) is 3.59. The number of rotatable bonds is 5. The van der Waals surface area contributed by atoms with Gasteiger partial charge < -0.3 is 15.1 Å². The number of piperidine rings is 1. The second-order valence-electron chi connectivity index (χ2n) is 13.5. The Morgan fingerprint density at radius 2 is 1.82 bits per heavy atom. The summed E-state index contributed by atoms with van der Waals surface area (Å²) in [5.41, 5.74) is 2.39. The largest absolute Gasteiger partial charge is 0.350 e. The van der Waals surface area contributed by atoms with E-state index in [4.69, 9.17) is 0 Å². The SMILES string of the molecule is O=C(NC[C@@H]1CCC2C[C@@H]2C23CC1CC2C3)c1cccc2nc(C(=O)N3CCC(N4CCCC4)CC3)cn12. The summed E-state index contributed by atoms with van der Waals surface area (Å²) in [6.07, 6.45) is 14.8. The molecular weight excluding hydrogens is 474 g/mol. The quantitative estimate of drug-likeness (QED) is 0.647. The van der Waals surface area contributed by atoms with E-state index in [-0.39, 0.29) is 11.8 Å². The van der Waals surface area contributed by atoms with Crippen molar-refractivity contribution in [1.29, 1.82) is 0 Å².